The second-order valence-electron chi connectivity index (χ2n) is 7.30. The average Bonchev–Trinajstić information content (AvgIpc) is 2.72. The van der Waals surface area contributed by atoms with E-state index in [-0.39, 0.29) is 17.3 Å². The van der Waals surface area contributed by atoms with Gasteiger partial charge < -0.3 is 10.2 Å². The molecule has 0 aromatic heterocycles. The molecule has 2 aromatic rings. The molecule has 168 valence electrons. The number of hydrogen-bond acceptors (Lipinski definition) is 4. The number of aryl methyl sites for hydroxylation is 1. The van der Waals surface area contributed by atoms with E-state index >= 15 is 0 Å². The first-order valence-electron chi connectivity index (χ1n) is 9.91. The van der Waals surface area contributed by atoms with Crippen molar-refractivity contribution < 1.29 is 18.0 Å². The second-order valence-corrected chi connectivity index (χ2v) is 9.78. The standard InChI is InChI=1S/C22H28ClN3O4S/c1-5-24-22(28)17(3)26(14-18-8-6-7-16(2)13-18)21(27)15-25(4)31(29,30)20-11-9-19(23)10-12-20/h6-13,17H,5,14-15H2,1-4H3,(H,24,28)/t17-/m1/s1. The number of carbonyl (C=O) groups excluding carboxylic acids is 2. The molecular weight excluding hydrogens is 438 g/mol. The van der Waals surface area contributed by atoms with Crippen LogP contribution in [0.2, 0.25) is 5.02 Å². The van der Waals surface area contributed by atoms with Gasteiger partial charge >= 0.3 is 0 Å². The first-order valence-corrected chi connectivity index (χ1v) is 11.7. The van der Waals surface area contributed by atoms with Crippen molar-refractivity contribution >= 4 is 33.4 Å². The number of amides is 2. The van der Waals surface area contributed by atoms with Gasteiger partial charge in [-0.1, -0.05) is 41.4 Å². The number of sulfonamides is 1. The molecule has 0 aliphatic rings. The monoisotopic (exact) mass is 465 g/mol. The van der Waals surface area contributed by atoms with E-state index in [1.165, 1.54) is 36.2 Å². The van der Waals surface area contributed by atoms with Crippen molar-refractivity contribution in [3.05, 3.63) is 64.7 Å². The highest BCUT2D eigenvalue weighted by Crippen LogP contribution is 2.18. The van der Waals surface area contributed by atoms with Gasteiger partial charge in [-0.25, -0.2) is 8.42 Å². The predicted molar refractivity (Wildman–Crippen MR) is 121 cm³/mol. The van der Waals surface area contributed by atoms with Crippen LogP contribution in [0.4, 0.5) is 0 Å². The molecule has 9 heteroatoms. The van der Waals surface area contributed by atoms with Crippen LogP contribution in [0.25, 0.3) is 0 Å². The number of nitrogens with one attached hydrogen (secondary N) is 1. The molecule has 0 aliphatic heterocycles. The van der Waals surface area contributed by atoms with Crippen LogP contribution in [0.1, 0.15) is 25.0 Å². The Hall–Kier alpha value is -2.42. The maximum absolute atomic E-state index is 13.1. The summed E-state index contributed by atoms with van der Waals surface area (Å²) >= 11 is 5.84. The van der Waals surface area contributed by atoms with Gasteiger partial charge in [0.1, 0.15) is 6.04 Å². The Morgan fingerprint density at radius 2 is 1.77 bits per heavy atom. The molecular formula is C22H28ClN3O4S. The molecule has 0 spiro atoms. The Morgan fingerprint density at radius 1 is 1.13 bits per heavy atom. The third-order valence-electron chi connectivity index (χ3n) is 4.83. The summed E-state index contributed by atoms with van der Waals surface area (Å²) in [6.07, 6.45) is 0. The minimum absolute atomic E-state index is 0.0363. The quantitative estimate of drug-likeness (QED) is 0.617. The lowest BCUT2D eigenvalue weighted by molar-refractivity contribution is -0.140. The first kappa shape index (κ1) is 24.8. The fourth-order valence-corrected chi connectivity index (χ4v) is 4.31. The summed E-state index contributed by atoms with van der Waals surface area (Å²) in [5, 5.41) is 3.13. The number of hydrogen-bond donors (Lipinski definition) is 1. The van der Waals surface area contributed by atoms with E-state index in [0.717, 1.165) is 15.4 Å². The molecule has 2 aromatic carbocycles. The van der Waals surface area contributed by atoms with Crippen LogP contribution in [-0.2, 0) is 26.2 Å². The lowest BCUT2D eigenvalue weighted by Gasteiger charge is -2.30. The van der Waals surface area contributed by atoms with Crippen molar-refractivity contribution in [2.24, 2.45) is 0 Å². The molecule has 0 fully saturated rings. The van der Waals surface area contributed by atoms with Crippen molar-refractivity contribution in [1.82, 2.24) is 14.5 Å². The fraction of sp³-hybridized carbons (Fsp3) is 0.364. The molecule has 0 bridgehead atoms. The molecule has 2 rings (SSSR count). The molecule has 31 heavy (non-hydrogen) atoms. The summed E-state index contributed by atoms with van der Waals surface area (Å²) in [6.45, 7) is 5.58. The summed E-state index contributed by atoms with van der Waals surface area (Å²) in [7, 11) is -2.56. The van der Waals surface area contributed by atoms with Crippen LogP contribution in [0, 0.1) is 6.92 Å². The molecule has 0 saturated heterocycles. The molecule has 7 nitrogen and oxygen atoms in total. The van der Waals surface area contributed by atoms with E-state index < -0.39 is 28.5 Å². The number of carbonyl (C=O) groups is 2. The maximum Gasteiger partial charge on any atom is 0.243 e. The summed E-state index contributed by atoms with van der Waals surface area (Å²) in [4.78, 5) is 27.0. The lowest BCUT2D eigenvalue weighted by atomic mass is 10.1. The Morgan fingerprint density at radius 3 is 2.35 bits per heavy atom. The zero-order chi connectivity index (χ0) is 23.2. The normalized spacial score (nSPS) is 12.5. The Kier molecular flexibility index (Phi) is 8.61. The third-order valence-corrected chi connectivity index (χ3v) is 6.90. The lowest BCUT2D eigenvalue weighted by Crippen LogP contribution is -2.50. The smallest absolute Gasteiger partial charge is 0.243 e. The van der Waals surface area contributed by atoms with Crippen molar-refractivity contribution in [2.75, 3.05) is 20.1 Å². The molecule has 0 unspecified atom stereocenters. The Labute approximate surface area is 189 Å². The number of benzene rings is 2. The van der Waals surface area contributed by atoms with Crippen LogP contribution in [-0.4, -0.2) is 55.6 Å². The summed E-state index contributed by atoms with van der Waals surface area (Å²) in [6, 6.07) is 12.6. The molecule has 0 heterocycles. The maximum atomic E-state index is 13.1. The molecule has 1 N–H and O–H groups in total. The van der Waals surface area contributed by atoms with Gasteiger partial charge in [0.05, 0.1) is 11.4 Å². The Bertz CT molecular complexity index is 1030. The minimum atomic E-state index is -3.89. The third kappa shape index (κ3) is 6.53. The van der Waals surface area contributed by atoms with E-state index in [2.05, 4.69) is 5.32 Å². The number of rotatable bonds is 9. The van der Waals surface area contributed by atoms with Gasteiger partial charge in [-0.15, -0.1) is 0 Å². The van der Waals surface area contributed by atoms with Gasteiger partial charge in [-0.05, 0) is 50.6 Å². The fourth-order valence-electron chi connectivity index (χ4n) is 3.06. The average molecular weight is 466 g/mol. The molecule has 0 saturated carbocycles. The van der Waals surface area contributed by atoms with Crippen molar-refractivity contribution in [2.45, 2.75) is 38.3 Å². The second kappa shape index (κ2) is 10.7. The van der Waals surface area contributed by atoms with Crippen LogP contribution < -0.4 is 5.32 Å². The van der Waals surface area contributed by atoms with Crippen LogP contribution in [0.3, 0.4) is 0 Å². The van der Waals surface area contributed by atoms with E-state index in [1.807, 2.05) is 31.2 Å². The first-order chi connectivity index (χ1) is 14.6. The van der Waals surface area contributed by atoms with Crippen molar-refractivity contribution in [3.63, 3.8) is 0 Å². The highest BCUT2D eigenvalue weighted by molar-refractivity contribution is 7.89. The van der Waals surface area contributed by atoms with Gasteiger partial charge in [-0.3, -0.25) is 9.59 Å². The summed E-state index contributed by atoms with van der Waals surface area (Å²) in [5.74, 6) is -0.771. The van der Waals surface area contributed by atoms with Gasteiger partial charge in [0.2, 0.25) is 21.8 Å². The zero-order valence-electron chi connectivity index (χ0n) is 18.1. The van der Waals surface area contributed by atoms with Crippen molar-refractivity contribution in [3.8, 4) is 0 Å². The minimum Gasteiger partial charge on any atom is -0.355 e. The summed E-state index contributed by atoms with van der Waals surface area (Å²) in [5.41, 5.74) is 1.88. The zero-order valence-corrected chi connectivity index (χ0v) is 19.7. The van der Waals surface area contributed by atoms with E-state index in [4.69, 9.17) is 11.6 Å². The highest BCUT2D eigenvalue weighted by atomic mass is 35.5. The number of halogens is 1. The van der Waals surface area contributed by atoms with Crippen molar-refractivity contribution in [1.29, 1.82) is 0 Å². The van der Waals surface area contributed by atoms with E-state index in [0.29, 0.717) is 11.6 Å². The van der Waals surface area contributed by atoms with Crippen LogP contribution >= 0.6 is 11.6 Å². The highest BCUT2D eigenvalue weighted by Gasteiger charge is 2.30. The van der Waals surface area contributed by atoms with Gasteiger partial charge in [0.25, 0.3) is 0 Å². The predicted octanol–water partition coefficient (Wildman–Crippen LogP) is 2.82. The number of likely N-dealkylation sites (N-methyl/N-ethyl adjacent to an activating group) is 2. The Balaban J connectivity index is 2.26. The largest absolute Gasteiger partial charge is 0.355 e. The van der Waals surface area contributed by atoms with E-state index in [1.54, 1.807) is 13.8 Å². The topological polar surface area (TPSA) is 86.8 Å². The van der Waals surface area contributed by atoms with E-state index in [9.17, 15) is 18.0 Å². The van der Waals surface area contributed by atoms with Gasteiger partial charge in [0.15, 0.2) is 0 Å². The van der Waals surface area contributed by atoms with Crippen LogP contribution in [0.5, 0.6) is 0 Å². The summed E-state index contributed by atoms with van der Waals surface area (Å²) < 4.78 is 26.7. The number of nitrogens with zero attached hydrogens (tertiary/aromatic N) is 2. The van der Waals surface area contributed by atoms with Crippen LogP contribution in [0.15, 0.2) is 53.4 Å². The molecule has 0 radical (unpaired) electrons. The molecule has 2 amide bonds. The van der Waals surface area contributed by atoms with Gasteiger partial charge in [0, 0.05) is 25.2 Å². The molecule has 0 aliphatic carbocycles. The molecule has 1 atom stereocenters. The van der Waals surface area contributed by atoms with Gasteiger partial charge in [-0.2, -0.15) is 4.31 Å². The SMILES string of the molecule is CCNC(=O)[C@@H](C)N(Cc1cccc(C)c1)C(=O)CN(C)S(=O)(=O)c1ccc(Cl)cc1.